The Hall–Kier alpha value is -1.89. The molecule has 1 aromatic carbocycles. The van der Waals surface area contributed by atoms with Crippen LogP contribution in [0, 0.1) is 0 Å². The zero-order valence-corrected chi connectivity index (χ0v) is 11.5. The molecule has 0 spiro atoms. The van der Waals surface area contributed by atoms with E-state index in [1.807, 2.05) is 0 Å². The van der Waals surface area contributed by atoms with E-state index in [2.05, 4.69) is 0 Å². The minimum absolute atomic E-state index is 0.00411. The van der Waals surface area contributed by atoms with Gasteiger partial charge in [-0.2, -0.15) is 0 Å². The van der Waals surface area contributed by atoms with E-state index < -0.39 is 34.3 Å². The molecule has 0 aromatic heterocycles. The van der Waals surface area contributed by atoms with Crippen molar-refractivity contribution in [3.63, 3.8) is 0 Å². The summed E-state index contributed by atoms with van der Waals surface area (Å²) in [4.78, 5) is 24.4. The summed E-state index contributed by atoms with van der Waals surface area (Å²) in [5.74, 6) is -1.77. The van der Waals surface area contributed by atoms with Crippen LogP contribution in [-0.4, -0.2) is 54.4 Å². The van der Waals surface area contributed by atoms with Crippen LogP contribution in [0.5, 0.6) is 0 Å². The van der Waals surface area contributed by atoms with Crippen molar-refractivity contribution in [1.29, 1.82) is 0 Å². The number of carbonyl (C=O) groups is 2. The summed E-state index contributed by atoms with van der Waals surface area (Å²) in [6, 6.07) is 7.71. The molecule has 7 heteroatoms. The summed E-state index contributed by atoms with van der Waals surface area (Å²) in [6.45, 7) is -0.492. The molecule has 1 amide bonds. The van der Waals surface area contributed by atoms with Gasteiger partial charge in [0.25, 0.3) is 5.91 Å². The van der Waals surface area contributed by atoms with Crippen LogP contribution < -0.4 is 0 Å². The van der Waals surface area contributed by atoms with Crippen molar-refractivity contribution in [1.82, 2.24) is 4.90 Å². The van der Waals surface area contributed by atoms with Crippen LogP contribution in [0.2, 0.25) is 0 Å². The molecule has 108 valence electrons. The van der Waals surface area contributed by atoms with Crippen molar-refractivity contribution in [2.24, 2.45) is 0 Å². The van der Waals surface area contributed by atoms with Crippen LogP contribution in [0.4, 0.5) is 0 Å². The summed E-state index contributed by atoms with van der Waals surface area (Å²) >= 11 is 0. The van der Waals surface area contributed by atoms with Crippen molar-refractivity contribution in [3.05, 3.63) is 35.9 Å². The van der Waals surface area contributed by atoms with E-state index in [9.17, 15) is 18.0 Å². The average molecular weight is 297 g/mol. The number of rotatable bonds is 4. The lowest BCUT2D eigenvalue weighted by Crippen LogP contribution is -2.44. The predicted molar refractivity (Wildman–Crippen MR) is 72.2 cm³/mol. The summed E-state index contributed by atoms with van der Waals surface area (Å²) in [6.07, 6.45) is 0.286. The first-order valence-corrected chi connectivity index (χ1v) is 7.99. The second-order valence-electron chi connectivity index (χ2n) is 4.75. The minimum Gasteiger partial charge on any atom is -0.480 e. The Morgan fingerprint density at radius 1 is 1.25 bits per heavy atom. The van der Waals surface area contributed by atoms with E-state index in [0.717, 1.165) is 4.90 Å². The van der Waals surface area contributed by atoms with Gasteiger partial charge < -0.3 is 10.0 Å². The Balaban J connectivity index is 2.24. The van der Waals surface area contributed by atoms with Crippen LogP contribution in [0.1, 0.15) is 16.8 Å². The Morgan fingerprint density at radius 3 is 2.40 bits per heavy atom. The fraction of sp³-hybridized carbons (Fsp3) is 0.385. The van der Waals surface area contributed by atoms with Crippen molar-refractivity contribution in [2.45, 2.75) is 12.5 Å². The Labute approximate surface area is 116 Å². The topological polar surface area (TPSA) is 91.8 Å². The molecule has 1 aliphatic rings. The van der Waals surface area contributed by atoms with Gasteiger partial charge in [-0.25, -0.2) is 8.42 Å². The predicted octanol–water partition coefficient (Wildman–Crippen LogP) is 0.401. The first-order chi connectivity index (χ1) is 9.39. The van der Waals surface area contributed by atoms with E-state index in [0.29, 0.717) is 5.56 Å². The van der Waals surface area contributed by atoms with Crippen molar-refractivity contribution in [2.75, 3.05) is 18.1 Å². The monoisotopic (exact) mass is 297 g/mol. The Morgan fingerprint density at radius 2 is 1.90 bits per heavy atom. The quantitative estimate of drug-likeness (QED) is 0.868. The second kappa shape index (κ2) is 5.62. The van der Waals surface area contributed by atoms with Gasteiger partial charge in [-0.1, -0.05) is 18.2 Å². The molecule has 0 bridgehead atoms. The zero-order chi connectivity index (χ0) is 14.8. The molecule has 0 radical (unpaired) electrons. The lowest BCUT2D eigenvalue weighted by atomic mass is 10.1. The molecular weight excluding hydrogens is 282 g/mol. The normalized spacial score (nSPS) is 20.5. The molecule has 1 aliphatic heterocycles. The maximum atomic E-state index is 12.3. The highest BCUT2D eigenvalue weighted by atomic mass is 32.2. The first-order valence-electron chi connectivity index (χ1n) is 6.17. The molecule has 1 saturated heterocycles. The number of hydrogen-bond donors (Lipinski definition) is 1. The van der Waals surface area contributed by atoms with Gasteiger partial charge in [-0.3, -0.25) is 9.59 Å². The molecule has 1 unspecified atom stereocenters. The molecule has 1 aromatic rings. The summed E-state index contributed by atoms with van der Waals surface area (Å²) in [5.41, 5.74) is 0.359. The minimum atomic E-state index is -3.18. The smallest absolute Gasteiger partial charge is 0.323 e. The van der Waals surface area contributed by atoms with Crippen molar-refractivity contribution in [3.8, 4) is 0 Å². The van der Waals surface area contributed by atoms with E-state index >= 15 is 0 Å². The standard InChI is InChI=1S/C13H15NO5S/c15-12(16)8-14(11-6-7-20(18,19)9-11)13(17)10-4-2-1-3-5-10/h1-5,11H,6-9H2,(H,15,16). The van der Waals surface area contributed by atoms with Crippen LogP contribution in [0.15, 0.2) is 30.3 Å². The molecule has 1 N–H and O–H groups in total. The lowest BCUT2D eigenvalue weighted by Gasteiger charge is -2.26. The Bertz CT molecular complexity index is 611. The van der Waals surface area contributed by atoms with Crippen molar-refractivity contribution < 1.29 is 23.1 Å². The molecule has 0 aliphatic carbocycles. The van der Waals surface area contributed by atoms with Gasteiger partial charge in [0, 0.05) is 11.6 Å². The number of carbonyl (C=O) groups excluding carboxylic acids is 1. The maximum absolute atomic E-state index is 12.3. The number of carboxylic acid groups (broad SMARTS) is 1. The molecular formula is C13H15NO5S. The fourth-order valence-electron chi connectivity index (χ4n) is 2.28. The average Bonchev–Trinajstić information content (AvgIpc) is 2.76. The van der Waals surface area contributed by atoms with Gasteiger partial charge in [0.15, 0.2) is 9.84 Å². The largest absolute Gasteiger partial charge is 0.480 e. The molecule has 0 saturated carbocycles. The number of hydrogen-bond acceptors (Lipinski definition) is 4. The number of sulfone groups is 1. The third kappa shape index (κ3) is 3.36. The number of nitrogens with zero attached hydrogens (tertiary/aromatic N) is 1. The van der Waals surface area contributed by atoms with Crippen molar-refractivity contribution >= 4 is 21.7 Å². The van der Waals surface area contributed by atoms with Gasteiger partial charge >= 0.3 is 5.97 Å². The van der Waals surface area contributed by atoms with Crippen LogP contribution in [0.3, 0.4) is 0 Å². The third-order valence-electron chi connectivity index (χ3n) is 3.24. The van der Waals surface area contributed by atoms with Crippen LogP contribution in [-0.2, 0) is 14.6 Å². The van der Waals surface area contributed by atoms with E-state index in [-0.39, 0.29) is 17.9 Å². The fourth-order valence-corrected chi connectivity index (χ4v) is 4.01. The van der Waals surface area contributed by atoms with E-state index in [4.69, 9.17) is 5.11 Å². The maximum Gasteiger partial charge on any atom is 0.323 e. The molecule has 20 heavy (non-hydrogen) atoms. The van der Waals surface area contributed by atoms with E-state index in [1.165, 1.54) is 0 Å². The highest BCUT2D eigenvalue weighted by molar-refractivity contribution is 7.91. The molecule has 1 fully saturated rings. The Kier molecular flexibility index (Phi) is 4.08. The van der Waals surface area contributed by atoms with Gasteiger partial charge in [0.05, 0.1) is 11.5 Å². The summed E-state index contributed by atoms with van der Waals surface area (Å²) < 4.78 is 23.0. The number of benzene rings is 1. The number of carboxylic acids is 1. The van der Waals surface area contributed by atoms with E-state index in [1.54, 1.807) is 30.3 Å². The van der Waals surface area contributed by atoms with Gasteiger partial charge in [0.1, 0.15) is 6.54 Å². The van der Waals surface area contributed by atoms with Crippen LogP contribution in [0.25, 0.3) is 0 Å². The first kappa shape index (κ1) is 14.5. The van der Waals surface area contributed by atoms with Gasteiger partial charge in [-0.15, -0.1) is 0 Å². The number of amides is 1. The summed E-state index contributed by atoms with van der Waals surface area (Å²) in [7, 11) is -3.18. The SMILES string of the molecule is O=C(O)CN(C(=O)c1ccccc1)C1CCS(=O)(=O)C1. The molecule has 1 heterocycles. The van der Waals surface area contributed by atoms with Gasteiger partial charge in [-0.05, 0) is 18.6 Å². The lowest BCUT2D eigenvalue weighted by molar-refractivity contribution is -0.138. The molecule has 1 atom stereocenters. The molecule has 6 nitrogen and oxygen atoms in total. The second-order valence-corrected chi connectivity index (χ2v) is 6.98. The zero-order valence-electron chi connectivity index (χ0n) is 10.7. The highest BCUT2D eigenvalue weighted by Gasteiger charge is 2.35. The molecule has 2 rings (SSSR count). The van der Waals surface area contributed by atoms with Gasteiger partial charge in [0.2, 0.25) is 0 Å². The third-order valence-corrected chi connectivity index (χ3v) is 4.99. The summed E-state index contributed by atoms with van der Waals surface area (Å²) in [5, 5.41) is 8.93. The number of aliphatic carboxylic acids is 1. The highest BCUT2D eigenvalue weighted by Crippen LogP contribution is 2.19. The van der Waals surface area contributed by atoms with Crippen LogP contribution >= 0.6 is 0 Å².